The van der Waals surface area contributed by atoms with Crippen molar-refractivity contribution in [3.05, 3.63) is 0 Å². The quantitative estimate of drug-likeness (QED) is 0.513. The third kappa shape index (κ3) is 7.68. The van der Waals surface area contributed by atoms with E-state index < -0.39 is 0 Å². The van der Waals surface area contributed by atoms with Gasteiger partial charge in [-0.1, -0.05) is 0 Å². The molecule has 12 heavy (non-hydrogen) atoms. The fraction of sp³-hybridized carbons (Fsp3) is 0.857. The largest absolute Gasteiger partial charge is 0.337 e. The van der Waals surface area contributed by atoms with Crippen LogP contribution in [0.5, 0.6) is 0 Å². The molecule has 0 atom stereocenters. The lowest BCUT2D eigenvalue weighted by Crippen LogP contribution is -2.39. The van der Waals surface area contributed by atoms with Crippen LogP contribution < -0.4 is 16.0 Å². The summed E-state index contributed by atoms with van der Waals surface area (Å²) >= 11 is 1.72. The van der Waals surface area contributed by atoms with Crippen LogP contribution in [-0.4, -0.2) is 44.7 Å². The highest BCUT2D eigenvalue weighted by atomic mass is 32.2. The van der Waals surface area contributed by atoms with Crippen molar-refractivity contribution in [3.63, 3.8) is 0 Å². The Balaban J connectivity index is 3.10. The van der Waals surface area contributed by atoms with Crippen LogP contribution in [0.4, 0.5) is 4.79 Å². The van der Waals surface area contributed by atoms with Gasteiger partial charge in [0.25, 0.3) is 0 Å². The number of urea groups is 1. The molecule has 0 fully saturated rings. The normalized spacial score (nSPS) is 9.50. The Kier molecular flexibility index (Phi) is 8.37. The SMILES string of the molecule is CNCCNC(=O)NCCSC. The summed E-state index contributed by atoms with van der Waals surface area (Å²) in [7, 11) is 1.85. The second kappa shape index (κ2) is 8.67. The standard InChI is InChI=1S/C7H17N3OS/c1-8-3-4-9-7(11)10-5-6-12-2/h8H,3-6H2,1-2H3,(H2,9,10,11). The van der Waals surface area contributed by atoms with Crippen molar-refractivity contribution < 1.29 is 4.79 Å². The lowest BCUT2D eigenvalue weighted by molar-refractivity contribution is 0.241. The minimum atomic E-state index is -0.0840. The fourth-order valence-corrected chi connectivity index (χ4v) is 0.936. The smallest absolute Gasteiger partial charge is 0.314 e. The molecule has 72 valence electrons. The number of carbonyl (C=O) groups is 1. The van der Waals surface area contributed by atoms with Gasteiger partial charge in [0.05, 0.1) is 0 Å². The molecule has 4 nitrogen and oxygen atoms in total. The van der Waals surface area contributed by atoms with Crippen LogP contribution in [0, 0.1) is 0 Å². The summed E-state index contributed by atoms with van der Waals surface area (Å²) in [5, 5.41) is 8.41. The Morgan fingerprint density at radius 3 is 2.50 bits per heavy atom. The summed E-state index contributed by atoms with van der Waals surface area (Å²) in [5.74, 6) is 0.958. The van der Waals surface area contributed by atoms with E-state index >= 15 is 0 Å². The number of thioether (sulfide) groups is 1. The molecular formula is C7H17N3OS. The van der Waals surface area contributed by atoms with Crippen molar-refractivity contribution in [2.45, 2.75) is 0 Å². The fourth-order valence-electron chi connectivity index (χ4n) is 0.630. The van der Waals surface area contributed by atoms with Crippen molar-refractivity contribution >= 4 is 17.8 Å². The first-order valence-electron chi connectivity index (χ1n) is 3.96. The van der Waals surface area contributed by atoms with Gasteiger partial charge in [-0.05, 0) is 13.3 Å². The molecule has 0 rings (SSSR count). The van der Waals surface area contributed by atoms with Crippen LogP contribution in [0.2, 0.25) is 0 Å². The molecule has 0 aromatic carbocycles. The molecular weight excluding hydrogens is 174 g/mol. The molecule has 0 unspecified atom stereocenters. The molecule has 0 saturated carbocycles. The molecule has 0 bridgehead atoms. The molecule has 0 aromatic rings. The lowest BCUT2D eigenvalue weighted by Gasteiger charge is -2.05. The average Bonchev–Trinajstić information content (AvgIpc) is 2.06. The van der Waals surface area contributed by atoms with Gasteiger partial charge in [-0.25, -0.2) is 4.79 Å². The number of rotatable bonds is 6. The minimum Gasteiger partial charge on any atom is -0.337 e. The summed E-state index contributed by atoms with van der Waals surface area (Å²) < 4.78 is 0. The first-order chi connectivity index (χ1) is 5.81. The molecule has 5 heteroatoms. The molecule has 0 heterocycles. The molecule has 0 aliphatic carbocycles. The summed E-state index contributed by atoms with van der Waals surface area (Å²) in [4.78, 5) is 10.9. The van der Waals surface area contributed by atoms with Gasteiger partial charge in [0, 0.05) is 25.4 Å². The van der Waals surface area contributed by atoms with Gasteiger partial charge < -0.3 is 16.0 Å². The number of amides is 2. The maximum Gasteiger partial charge on any atom is 0.314 e. The van der Waals surface area contributed by atoms with E-state index in [1.54, 1.807) is 11.8 Å². The van der Waals surface area contributed by atoms with E-state index in [0.29, 0.717) is 6.54 Å². The zero-order valence-corrected chi connectivity index (χ0v) is 8.46. The van der Waals surface area contributed by atoms with Gasteiger partial charge in [0.2, 0.25) is 0 Å². The summed E-state index contributed by atoms with van der Waals surface area (Å²) in [6, 6.07) is -0.0840. The Morgan fingerprint density at radius 1 is 1.25 bits per heavy atom. The van der Waals surface area contributed by atoms with Crippen LogP contribution in [-0.2, 0) is 0 Å². The van der Waals surface area contributed by atoms with Crippen LogP contribution in [0.1, 0.15) is 0 Å². The molecule has 0 saturated heterocycles. The van der Waals surface area contributed by atoms with E-state index in [0.717, 1.165) is 18.8 Å². The maximum atomic E-state index is 10.9. The number of nitrogens with one attached hydrogen (secondary N) is 3. The number of carbonyl (C=O) groups excluding carboxylic acids is 1. The van der Waals surface area contributed by atoms with Gasteiger partial charge >= 0.3 is 6.03 Å². The predicted molar refractivity (Wildman–Crippen MR) is 53.7 cm³/mol. The molecule has 3 N–H and O–H groups in total. The third-order valence-corrected chi connectivity index (χ3v) is 1.86. The molecule has 2 amide bonds. The van der Waals surface area contributed by atoms with Crippen molar-refractivity contribution in [1.82, 2.24) is 16.0 Å². The van der Waals surface area contributed by atoms with E-state index in [1.165, 1.54) is 0 Å². The van der Waals surface area contributed by atoms with E-state index in [-0.39, 0.29) is 6.03 Å². The second-order valence-corrected chi connectivity index (χ2v) is 3.26. The van der Waals surface area contributed by atoms with Crippen molar-refractivity contribution in [3.8, 4) is 0 Å². The van der Waals surface area contributed by atoms with E-state index in [1.807, 2.05) is 13.3 Å². The van der Waals surface area contributed by atoms with Crippen LogP contribution >= 0.6 is 11.8 Å². The Labute approximate surface area is 77.9 Å². The zero-order valence-electron chi connectivity index (χ0n) is 7.64. The zero-order chi connectivity index (χ0) is 9.23. The van der Waals surface area contributed by atoms with Gasteiger partial charge in [0.15, 0.2) is 0 Å². The van der Waals surface area contributed by atoms with E-state index in [9.17, 15) is 4.79 Å². The lowest BCUT2D eigenvalue weighted by atomic mass is 10.6. The summed E-state index contributed by atoms with van der Waals surface area (Å²) in [6.45, 7) is 2.20. The van der Waals surface area contributed by atoms with Gasteiger partial charge in [-0.2, -0.15) is 11.8 Å². The minimum absolute atomic E-state index is 0.0840. The van der Waals surface area contributed by atoms with Gasteiger partial charge in [-0.3, -0.25) is 0 Å². The Hall–Kier alpha value is -0.420. The first-order valence-corrected chi connectivity index (χ1v) is 5.36. The third-order valence-electron chi connectivity index (χ3n) is 1.25. The number of likely N-dealkylation sites (N-methyl/N-ethyl adjacent to an activating group) is 1. The first kappa shape index (κ1) is 11.6. The highest BCUT2D eigenvalue weighted by Gasteiger charge is 1.95. The van der Waals surface area contributed by atoms with Crippen LogP contribution in [0.15, 0.2) is 0 Å². The van der Waals surface area contributed by atoms with Crippen molar-refractivity contribution in [2.24, 2.45) is 0 Å². The molecule has 0 aromatic heterocycles. The van der Waals surface area contributed by atoms with E-state index in [2.05, 4.69) is 16.0 Å². The predicted octanol–water partition coefficient (Wildman–Crippen LogP) is -0.132. The molecule has 0 radical (unpaired) electrons. The number of hydrogen-bond acceptors (Lipinski definition) is 3. The molecule has 0 aliphatic heterocycles. The van der Waals surface area contributed by atoms with Crippen LogP contribution in [0.25, 0.3) is 0 Å². The maximum absolute atomic E-state index is 10.9. The molecule has 0 aliphatic rings. The second-order valence-electron chi connectivity index (χ2n) is 2.28. The average molecular weight is 191 g/mol. The summed E-state index contributed by atoms with van der Waals surface area (Å²) in [5.41, 5.74) is 0. The topological polar surface area (TPSA) is 53.2 Å². The highest BCUT2D eigenvalue weighted by Crippen LogP contribution is 1.86. The van der Waals surface area contributed by atoms with Gasteiger partial charge in [0.1, 0.15) is 0 Å². The van der Waals surface area contributed by atoms with Crippen molar-refractivity contribution in [2.75, 3.05) is 38.7 Å². The van der Waals surface area contributed by atoms with Crippen molar-refractivity contribution in [1.29, 1.82) is 0 Å². The Bertz CT molecular complexity index is 109. The highest BCUT2D eigenvalue weighted by molar-refractivity contribution is 7.98. The monoisotopic (exact) mass is 191 g/mol. The van der Waals surface area contributed by atoms with Gasteiger partial charge in [-0.15, -0.1) is 0 Å². The Morgan fingerprint density at radius 2 is 1.92 bits per heavy atom. The molecule has 0 spiro atoms. The van der Waals surface area contributed by atoms with E-state index in [4.69, 9.17) is 0 Å². The number of hydrogen-bond donors (Lipinski definition) is 3. The summed E-state index contributed by atoms with van der Waals surface area (Å²) in [6.07, 6.45) is 2.01. The van der Waals surface area contributed by atoms with Crippen LogP contribution in [0.3, 0.4) is 0 Å².